The molecule has 5 nitrogen and oxygen atoms in total. The highest BCUT2D eigenvalue weighted by Gasteiger charge is 2.38. The highest BCUT2D eigenvalue weighted by molar-refractivity contribution is 14.1. The van der Waals surface area contributed by atoms with Gasteiger partial charge in [0, 0.05) is 42.7 Å². The Kier molecular flexibility index (Phi) is 7.71. The van der Waals surface area contributed by atoms with E-state index in [9.17, 15) is 9.90 Å². The third-order valence-electron chi connectivity index (χ3n) is 4.28. The first-order valence-electron chi connectivity index (χ1n) is 8.56. The molecule has 0 bridgehead atoms. The van der Waals surface area contributed by atoms with Gasteiger partial charge in [-0.05, 0) is 66.1 Å². The number of nitrogens with zero attached hydrogens (tertiary/aromatic N) is 1. The molecule has 0 saturated heterocycles. The van der Waals surface area contributed by atoms with Crippen molar-refractivity contribution in [2.45, 2.75) is 32.0 Å². The van der Waals surface area contributed by atoms with E-state index in [1.807, 2.05) is 13.0 Å². The van der Waals surface area contributed by atoms with E-state index in [0.29, 0.717) is 18.8 Å². The summed E-state index contributed by atoms with van der Waals surface area (Å²) in [6.45, 7) is 2.54. The number of carbonyl (C=O) groups excluding carboxylic acids is 1. The maximum atomic E-state index is 12.4. The van der Waals surface area contributed by atoms with Crippen LogP contribution in [-0.4, -0.2) is 49.5 Å². The number of likely N-dealkylation sites (N-methyl/N-ethyl adjacent to an activating group) is 1. The molecule has 138 valence electrons. The summed E-state index contributed by atoms with van der Waals surface area (Å²) in [5.41, 5.74) is 1.13. The van der Waals surface area contributed by atoms with Crippen LogP contribution in [-0.2, 0) is 14.3 Å². The minimum Gasteiger partial charge on any atom is -0.459 e. The Labute approximate surface area is 163 Å². The van der Waals surface area contributed by atoms with E-state index in [-0.39, 0.29) is 24.3 Å². The van der Waals surface area contributed by atoms with Crippen LogP contribution in [0.3, 0.4) is 0 Å². The largest absolute Gasteiger partial charge is 0.459 e. The molecule has 1 aliphatic rings. The fraction of sp³-hybridized carbons (Fsp3) is 0.526. The Morgan fingerprint density at radius 3 is 2.56 bits per heavy atom. The number of halogens is 1. The molecule has 3 atom stereocenters. The van der Waals surface area contributed by atoms with Crippen molar-refractivity contribution in [2.75, 3.05) is 27.3 Å². The second-order valence-corrected chi connectivity index (χ2v) is 7.52. The van der Waals surface area contributed by atoms with Crippen LogP contribution in [0.5, 0.6) is 0 Å². The van der Waals surface area contributed by atoms with Crippen molar-refractivity contribution in [3.63, 3.8) is 0 Å². The van der Waals surface area contributed by atoms with Crippen molar-refractivity contribution in [2.24, 2.45) is 5.92 Å². The number of hydrogen-bond donors (Lipinski definition) is 1. The molecule has 0 saturated carbocycles. The fourth-order valence-corrected chi connectivity index (χ4v) is 3.40. The van der Waals surface area contributed by atoms with E-state index in [1.165, 1.54) is 4.90 Å². The first kappa shape index (κ1) is 20.2. The summed E-state index contributed by atoms with van der Waals surface area (Å²) in [6.07, 6.45) is 2.84. The summed E-state index contributed by atoms with van der Waals surface area (Å²) in [4.78, 5) is 13.9. The quantitative estimate of drug-likeness (QED) is 0.637. The molecule has 1 aliphatic heterocycles. The second-order valence-electron chi connectivity index (χ2n) is 6.28. The molecule has 1 aromatic rings. The van der Waals surface area contributed by atoms with Gasteiger partial charge in [-0.15, -0.1) is 0 Å². The number of aliphatic hydroxyl groups is 1. The number of amides is 1. The van der Waals surface area contributed by atoms with Gasteiger partial charge in [0.25, 0.3) is 5.91 Å². The lowest BCUT2D eigenvalue weighted by Crippen LogP contribution is -2.38. The summed E-state index contributed by atoms with van der Waals surface area (Å²) < 4.78 is 12.9. The highest BCUT2D eigenvalue weighted by atomic mass is 127. The van der Waals surface area contributed by atoms with Crippen molar-refractivity contribution in [3.8, 4) is 0 Å². The van der Waals surface area contributed by atoms with E-state index < -0.39 is 6.29 Å². The van der Waals surface area contributed by atoms with E-state index >= 15 is 0 Å². The highest BCUT2D eigenvalue weighted by Crippen LogP contribution is 2.39. The third kappa shape index (κ3) is 5.18. The van der Waals surface area contributed by atoms with Gasteiger partial charge in [0.2, 0.25) is 6.29 Å². The number of ether oxygens (including phenoxy) is 2. The molecular weight excluding hydrogens is 433 g/mol. The van der Waals surface area contributed by atoms with Gasteiger partial charge in [-0.2, -0.15) is 0 Å². The minimum atomic E-state index is -0.496. The van der Waals surface area contributed by atoms with Crippen molar-refractivity contribution >= 4 is 28.5 Å². The molecule has 6 heteroatoms. The Morgan fingerprint density at radius 2 is 2.00 bits per heavy atom. The predicted molar refractivity (Wildman–Crippen MR) is 105 cm³/mol. The topological polar surface area (TPSA) is 59.0 Å². The Morgan fingerprint density at radius 1 is 1.32 bits per heavy atom. The van der Waals surface area contributed by atoms with Crippen LogP contribution in [0.4, 0.5) is 0 Å². The van der Waals surface area contributed by atoms with E-state index in [1.54, 1.807) is 14.1 Å². The molecule has 1 heterocycles. The van der Waals surface area contributed by atoms with Crippen LogP contribution in [0.1, 0.15) is 31.2 Å². The number of allylic oxidation sites excluding steroid dienone is 1. The van der Waals surface area contributed by atoms with Gasteiger partial charge >= 0.3 is 0 Å². The molecule has 1 N–H and O–H groups in total. The molecule has 1 aromatic carbocycles. The molecule has 0 spiro atoms. The van der Waals surface area contributed by atoms with Crippen molar-refractivity contribution in [1.29, 1.82) is 0 Å². The molecule has 0 radical (unpaired) electrons. The zero-order valence-electron chi connectivity index (χ0n) is 14.9. The standard InChI is InChI=1S/C19H26INO4/c1-4-24-19-15(6-5-11-22)16(13-7-9-14(20)10-8-13)12-17(25-19)18(23)21(2)3/h7-10,12,15-16,19,22H,4-6,11H2,1-3H3/t15-,16+,19+/m1/s1. The number of carbonyl (C=O) groups is 1. The smallest absolute Gasteiger partial charge is 0.288 e. The SMILES string of the molecule is CCO[C@H]1OC(C(=O)N(C)C)=C[C@@H](c2ccc(I)cc2)[C@H]1CCCO. The Hall–Kier alpha value is -1.12. The maximum absolute atomic E-state index is 12.4. The zero-order chi connectivity index (χ0) is 18.4. The lowest BCUT2D eigenvalue weighted by molar-refractivity contribution is -0.169. The zero-order valence-corrected chi connectivity index (χ0v) is 17.1. The predicted octanol–water partition coefficient (Wildman–Crippen LogP) is 3.13. The van der Waals surface area contributed by atoms with Crippen molar-refractivity contribution < 1.29 is 19.4 Å². The number of rotatable bonds is 7. The molecular formula is C19H26INO4. The molecule has 1 amide bonds. The van der Waals surface area contributed by atoms with Gasteiger partial charge in [-0.25, -0.2) is 0 Å². The van der Waals surface area contributed by atoms with Gasteiger partial charge < -0.3 is 19.5 Å². The van der Waals surface area contributed by atoms with Gasteiger partial charge in [0.05, 0.1) is 0 Å². The summed E-state index contributed by atoms with van der Waals surface area (Å²) >= 11 is 2.28. The first-order valence-corrected chi connectivity index (χ1v) is 9.63. The van der Waals surface area contributed by atoms with Crippen LogP contribution in [0.15, 0.2) is 36.1 Å². The van der Waals surface area contributed by atoms with E-state index in [2.05, 4.69) is 46.9 Å². The Bertz CT molecular complexity index is 600. The summed E-state index contributed by atoms with van der Waals surface area (Å²) in [5, 5.41) is 9.26. The third-order valence-corrected chi connectivity index (χ3v) is 5.00. The summed E-state index contributed by atoms with van der Waals surface area (Å²) in [5.74, 6) is 0.215. The van der Waals surface area contributed by atoms with E-state index in [0.717, 1.165) is 15.6 Å². The van der Waals surface area contributed by atoms with E-state index in [4.69, 9.17) is 9.47 Å². The van der Waals surface area contributed by atoms with Crippen LogP contribution in [0.25, 0.3) is 0 Å². The van der Waals surface area contributed by atoms with Crippen molar-refractivity contribution in [1.82, 2.24) is 4.90 Å². The minimum absolute atomic E-state index is 0.00718. The average Bonchev–Trinajstić information content (AvgIpc) is 2.60. The van der Waals surface area contributed by atoms with Gasteiger partial charge in [0.1, 0.15) is 0 Å². The molecule has 2 rings (SSSR count). The van der Waals surface area contributed by atoms with Gasteiger partial charge in [-0.3, -0.25) is 4.79 Å². The van der Waals surface area contributed by atoms with Crippen LogP contribution >= 0.6 is 22.6 Å². The lowest BCUT2D eigenvalue weighted by atomic mass is 9.80. The van der Waals surface area contributed by atoms with Crippen molar-refractivity contribution in [3.05, 3.63) is 45.2 Å². The normalized spacial score (nSPS) is 22.9. The monoisotopic (exact) mass is 459 g/mol. The van der Waals surface area contributed by atoms with Gasteiger partial charge in [-0.1, -0.05) is 12.1 Å². The fourth-order valence-electron chi connectivity index (χ4n) is 3.04. The first-order chi connectivity index (χ1) is 12.0. The van der Waals surface area contributed by atoms with Gasteiger partial charge in [0.15, 0.2) is 5.76 Å². The molecule has 25 heavy (non-hydrogen) atoms. The number of aliphatic hydroxyl groups excluding tert-OH is 1. The van der Waals surface area contributed by atoms with Crippen LogP contribution in [0.2, 0.25) is 0 Å². The molecule has 0 aliphatic carbocycles. The molecule has 0 aromatic heterocycles. The number of benzene rings is 1. The van der Waals surface area contributed by atoms with Crippen LogP contribution < -0.4 is 0 Å². The summed E-state index contributed by atoms with van der Waals surface area (Å²) in [7, 11) is 3.42. The molecule has 0 unspecified atom stereocenters. The Balaban J connectivity index is 2.42. The van der Waals surface area contributed by atoms with Crippen LogP contribution in [0, 0.1) is 9.49 Å². The lowest BCUT2D eigenvalue weighted by Gasteiger charge is -2.37. The number of hydrogen-bond acceptors (Lipinski definition) is 4. The summed E-state index contributed by atoms with van der Waals surface area (Å²) in [6, 6.07) is 8.29. The second kappa shape index (κ2) is 9.54. The maximum Gasteiger partial charge on any atom is 0.288 e. The average molecular weight is 459 g/mol. The molecule has 0 fully saturated rings.